The quantitative estimate of drug-likeness (QED) is 0.533. The second-order valence-corrected chi connectivity index (χ2v) is 6.19. The van der Waals surface area contributed by atoms with Gasteiger partial charge in [-0.3, -0.25) is 10.1 Å². The molecule has 0 aliphatic rings. The molecule has 0 atom stereocenters. The zero-order valence-electron chi connectivity index (χ0n) is 15.7. The second kappa shape index (κ2) is 9.86. The minimum atomic E-state index is -0.739. The maximum absolute atomic E-state index is 12.1. The topological polar surface area (TPSA) is 112 Å². The van der Waals surface area contributed by atoms with Crippen molar-refractivity contribution in [2.45, 2.75) is 13.8 Å². The predicted molar refractivity (Wildman–Crippen MR) is 102 cm³/mol. The van der Waals surface area contributed by atoms with Gasteiger partial charge >= 0.3 is 12.0 Å². The van der Waals surface area contributed by atoms with E-state index in [1.54, 1.807) is 35.9 Å². The van der Waals surface area contributed by atoms with Gasteiger partial charge in [0.25, 0.3) is 5.91 Å². The van der Waals surface area contributed by atoms with Crippen molar-refractivity contribution < 1.29 is 23.9 Å². The monoisotopic (exact) mass is 408 g/mol. The molecule has 2 rings (SSSR count). The van der Waals surface area contributed by atoms with E-state index >= 15 is 0 Å². The number of ether oxygens (including phenoxy) is 2. The smallest absolute Gasteiger partial charge is 0.338 e. The minimum Gasteiger partial charge on any atom is -0.452 e. The number of nitrogens with zero attached hydrogens (tertiary/aromatic N) is 2. The van der Waals surface area contributed by atoms with Gasteiger partial charge in [0.1, 0.15) is 0 Å². The van der Waals surface area contributed by atoms with Gasteiger partial charge in [-0.2, -0.15) is 5.10 Å². The normalized spacial score (nSPS) is 10.4. The van der Waals surface area contributed by atoms with Gasteiger partial charge in [0.2, 0.25) is 0 Å². The summed E-state index contributed by atoms with van der Waals surface area (Å²) in [6.45, 7) is 3.64. The number of aromatic nitrogens is 2. The van der Waals surface area contributed by atoms with E-state index in [1.165, 1.54) is 7.11 Å². The van der Waals surface area contributed by atoms with Crippen LogP contribution in [0.5, 0.6) is 0 Å². The highest BCUT2D eigenvalue weighted by atomic mass is 35.5. The van der Waals surface area contributed by atoms with E-state index in [2.05, 4.69) is 10.4 Å². The van der Waals surface area contributed by atoms with Crippen molar-refractivity contribution in [2.24, 2.45) is 0 Å². The number of carbonyl (C=O) groups is 3. The molecule has 2 aromatic rings. The first kappa shape index (κ1) is 21.4. The summed E-state index contributed by atoms with van der Waals surface area (Å²) in [5.74, 6) is -1.43. The van der Waals surface area contributed by atoms with Crippen LogP contribution in [-0.4, -0.2) is 54.6 Å². The summed E-state index contributed by atoms with van der Waals surface area (Å²) < 4.78 is 11.3. The lowest BCUT2D eigenvalue weighted by atomic mass is 10.2. The van der Waals surface area contributed by atoms with Gasteiger partial charge in [0, 0.05) is 13.7 Å². The number of rotatable bonds is 7. The van der Waals surface area contributed by atoms with Gasteiger partial charge in [0.05, 0.1) is 34.3 Å². The second-order valence-electron chi connectivity index (χ2n) is 5.82. The van der Waals surface area contributed by atoms with E-state index in [0.717, 1.165) is 11.4 Å². The fourth-order valence-electron chi connectivity index (χ4n) is 2.30. The van der Waals surface area contributed by atoms with E-state index in [9.17, 15) is 14.4 Å². The van der Waals surface area contributed by atoms with Crippen LogP contribution in [0.25, 0.3) is 5.69 Å². The Hall–Kier alpha value is -2.91. The highest BCUT2D eigenvalue weighted by Crippen LogP contribution is 2.22. The van der Waals surface area contributed by atoms with Crippen molar-refractivity contribution in [2.75, 3.05) is 26.9 Å². The Morgan fingerprint density at radius 3 is 2.43 bits per heavy atom. The molecule has 1 aromatic heterocycles. The van der Waals surface area contributed by atoms with E-state index in [1.807, 2.05) is 12.2 Å². The predicted octanol–water partition coefficient (Wildman–Crippen LogP) is 1.77. The number of aryl methyl sites for hydroxylation is 1. The summed E-state index contributed by atoms with van der Waals surface area (Å²) in [6.07, 6.45) is 0. The molecule has 10 heteroatoms. The summed E-state index contributed by atoms with van der Waals surface area (Å²) >= 11 is 6.14. The van der Waals surface area contributed by atoms with Crippen molar-refractivity contribution >= 4 is 29.5 Å². The van der Waals surface area contributed by atoms with Gasteiger partial charge in [-0.1, -0.05) is 11.6 Å². The Morgan fingerprint density at radius 1 is 1.18 bits per heavy atom. The molecule has 2 N–H and O–H groups in total. The third kappa shape index (κ3) is 5.54. The van der Waals surface area contributed by atoms with Crippen LogP contribution in [0.15, 0.2) is 24.3 Å². The highest BCUT2D eigenvalue weighted by Gasteiger charge is 2.14. The number of imide groups is 1. The number of hydrogen-bond donors (Lipinski definition) is 2. The SMILES string of the molecule is COCCNC(=O)NC(=O)COC(=O)c1ccc(-n2nc(C)c(Cl)c2C)cc1. The van der Waals surface area contributed by atoms with Crippen LogP contribution in [0.1, 0.15) is 21.7 Å². The zero-order valence-corrected chi connectivity index (χ0v) is 16.5. The molecule has 1 aromatic carbocycles. The first-order chi connectivity index (χ1) is 13.3. The van der Waals surface area contributed by atoms with Crippen molar-refractivity contribution in [3.05, 3.63) is 46.2 Å². The first-order valence-corrected chi connectivity index (χ1v) is 8.77. The third-order valence-corrected chi connectivity index (χ3v) is 4.28. The Labute approximate surface area is 166 Å². The number of urea groups is 1. The molecule has 150 valence electrons. The van der Waals surface area contributed by atoms with Crippen LogP contribution in [-0.2, 0) is 14.3 Å². The summed E-state index contributed by atoms with van der Waals surface area (Å²) in [7, 11) is 1.49. The molecule has 1 heterocycles. The van der Waals surface area contributed by atoms with Crippen LogP contribution in [0.3, 0.4) is 0 Å². The molecular weight excluding hydrogens is 388 g/mol. The lowest BCUT2D eigenvalue weighted by molar-refractivity contribution is -0.123. The number of methoxy groups -OCH3 is 1. The number of halogens is 1. The van der Waals surface area contributed by atoms with Crippen molar-refractivity contribution in [1.82, 2.24) is 20.4 Å². The minimum absolute atomic E-state index is 0.252. The number of hydrogen-bond acceptors (Lipinski definition) is 6. The van der Waals surface area contributed by atoms with Crippen LogP contribution in [0.2, 0.25) is 5.02 Å². The molecular formula is C18H21ClN4O5. The number of benzene rings is 1. The van der Waals surface area contributed by atoms with Gasteiger partial charge < -0.3 is 14.8 Å². The molecule has 3 amide bonds. The van der Waals surface area contributed by atoms with Crippen molar-refractivity contribution in [1.29, 1.82) is 0 Å². The summed E-state index contributed by atoms with van der Waals surface area (Å²) in [6, 6.07) is 5.80. The molecule has 0 aliphatic carbocycles. The van der Waals surface area contributed by atoms with Crippen molar-refractivity contribution in [3.8, 4) is 5.69 Å². The lowest BCUT2D eigenvalue weighted by Crippen LogP contribution is -2.42. The molecule has 28 heavy (non-hydrogen) atoms. The molecule has 0 saturated carbocycles. The summed E-state index contributed by atoms with van der Waals surface area (Å²) in [5.41, 5.74) is 2.48. The van der Waals surface area contributed by atoms with E-state index in [0.29, 0.717) is 17.3 Å². The van der Waals surface area contributed by atoms with E-state index in [4.69, 9.17) is 21.1 Å². The molecule has 0 bridgehead atoms. The standard InChI is InChI=1S/C18H21ClN4O5/c1-11-16(19)12(2)23(22-11)14-6-4-13(5-7-14)17(25)28-10-15(24)21-18(26)20-8-9-27-3/h4-7H,8-10H2,1-3H3,(H2,20,21,24,26). The Kier molecular flexibility index (Phi) is 7.53. The van der Waals surface area contributed by atoms with Gasteiger partial charge in [-0.15, -0.1) is 0 Å². The zero-order chi connectivity index (χ0) is 20.7. The fraction of sp³-hybridized carbons (Fsp3) is 0.333. The van der Waals surface area contributed by atoms with Gasteiger partial charge in [-0.25, -0.2) is 14.3 Å². The number of carbonyl (C=O) groups excluding carboxylic acids is 3. The first-order valence-electron chi connectivity index (χ1n) is 8.39. The lowest BCUT2D eigenvalue weighted by Gasteiger charge is -2.08. The maximum atomic E-state index is 12.1. The largest absolute Gasteiger partial charge is 0.452 e. The van der Waals surface area contributed by atoms with Crippen molar-refractivity contribution in [3.63, 3.8) is 0 Å². The summed E-state index contributed by atoms with van der Waals surface area (Å²) in [4.78, 5) is 35.1. The molecule has 0 unspecified atom stereocenters. The van der Waals surface area contributed by atoms with Crippen LogP contribution in [0.4, 0.5) is 4.79 Å². The average molecular weight is 409 g/mol. The maximum Gasteiger partial charge on any atom is 0.338 e. The molecule has 0 fully saturated rings. The Morgan fingerprint density at radius 2 is 1.86 bits per heavy atom. The average Bonchev–Trinajstić information content (AvgIpc) is 2.94. The molecule has 0 radical (unpaired) electrons. The highest BCUT2D eigenvalue weighted by molar-refractivity contribution is 6.31. The fourth-order valence-corrected chi connectivity index (χ4v) is 2.42. The molecule has 0 spiro atoms. The Bertz CT molecular complexity index is 864. The van der Waals surface area contributed by atoms with Crippen LogP contribution >= 0.6 is 11.6 Å². The molecule has 0 saturated heterocycles. The number of esters is 1. The van der Waals surface area contributed by atoms with E-state index in [-0.39, 0.29) is 12.1 Å². The summed E-state index contributed by atoms with van der Waals surface area (Å²) in [5, 5.41) is 9.38. The Balaban J connectivity index is 1.88. The molecule has 9 nitrogen and oxygen atoms in total. The number of nitrogens with one attached hydrogen (secondary N) is 2. The van der Waals surface area contributed by atoms with Gasteiger partial charge in [-0.05, 0) is 38.1 Å². The third-order valence-electron chi connectivity index (χ3n) is 3.73. The number of amides is 3. The van der Waals surface area contributed by atoms with E-state index < -0.39 is 24.5 Å². The van der Waals surface area contributed by atoms with Gasteiger partial charge in [0.15, 0.2) is 6.61 Å². The van der Waals surface area contributed by atoms with Crippen LogP contribution in [0, 0.1) is 13.8 Å². The molecule has 0 aliphatic heterocycles. The van der Waals surface area contributed by atoms with Crippen LogP contribution < -0.4 is 10.6 Å².